The van der Waals surface area contributed by atoms with Crippen molar-refractivity contribution in [1.29, 1.82) is 0 Å². The quantitative estimate of drug-likeness (QED) is 0.752. The third-order valence-corrected chi connectivity index (χ3v) is 4.75. The molecule has 0 bridgehead atoms. The molecule has 1 fully saturated rings. The van der Waals surface area contributed by atoms with Crippen LogP contribution in [0.15, 0.2) is 48.5 Å². The molecule has 5 heteroatoms. The predicted molar refractivity (Wildman–Crippen MR) is 107 cm³/mol. The van der Waals surface area contributed by atoms with Gasteiger partial charge in [0, 0.05) is 29.5 Å². The highest BCUT2D eigenvalue weighted by Crippen LogP contribution is 2.23. The van der Waals surface area contributed by atoms with E-state index in [2.05, 4.69) is 46.7 Å². The van der Waals surface area contributed by atoms with E-state index in [4.69, 9.17) is 23.8 Å². The predicted octanol–water partition coefficient (Wildman–Crippen LogP) is 4.99. The molecule has 2 aromatic carbocycles. The minimum Gasteiger partial charge on any atom is -0.372 e. The maximum atomic E-state index is 5.99. The van der Waals surface area contributed by atoms with Gasteiger partial charge in [0.25, 0.3) is 0 Å². The second-order valence-electron chi connectivity index (χ2n) is 6.12. The fraction of sp³-hybridized carbons (Fsp3) is 0.316. The Hall–Kier alpha value is -1.78. The molecule has 2 N–H and O–H groups in total. The van der Waals surface area contributed by atoms with Gasteiger partial charge >= 0.3 is 0 Å². The van der Waals surface area contributed by atoms with Crippen LogP contribution in [-0.4, -0.2) is 18.2 Å². The maximum Gasteiger partial charge on any atom is 0.171 e. The summed E-state index contributed by atoms with van der Waals surface area (Å²) in [6.45, 7) is 4.44. The Morgan fingerprint density at radius 2 is 1.83 bits per heavy atom. The molecule has 3 nitrogen and oxygen atoms in total. The van der Waals surface area contributed by atoms with Gasteiger partial charge in [-0.25, -0.2) is 0 Å². The number of rotatable bonds is 4. The topological polar surface area (TPSA) is 27.3 Å². The summed E-state index contributed by atoms with van der Waals surface area (Å²) in [6.07, 6.45) is 2.59. The second-order valence-corrected chi connectivity index (χ2v) is 6.96. The summed E-state index contributed by atoms with van der Waals surface area (Å²) in [5.41, 5.74) is 3.41. The second kappa shape index (κ2) is 7.86. The molecule has 1 saturated heterocycles. The molecule has 0 spiro atoms. The first-order valence-corrected chi connectivity index (χ1v) is 9.08. The Balaban J connectivity index is 1.57. The molecule has 0 radical (unpaired) electrons. The van der Waals surface area contributed by atoms with Gasteiger partial charge in [0.15, 0.2) is 5.11 Å². The van der Waals surface area contributed by atoms with E-state index in [0.29, 0.717) is 10.1 Å². The fourth-order valence-corrected chi connectivity index (χ4v) is 3.45. The zero-order chi connectivity index (χ0) is 16.9. The van der Waals surface area contributed by atoms with Gasteiger partial charge < -0.3 is 15.5 Å². The van der Waals surface area contributed by atoms with E-state index >= 15 is 0 Å². The van der Waals surface area contributed by atoms with Gasteiger partial charge in [-0.3, -0.25) is 0 Å². The van der Waals surface area contributed by atoms with Crippen molar-refractivity contribution in [2.75, 3.05) is 23.3 Å². The third kappa shape index (κ3) is 4.40. The Morgan fingerprint density at radius 1 is 1.12 bits per heavy atom. The standard InChI is InChI=1S/C19H22ClN3S/c1-14(21-19(24)22-17-6-4-5-16(20)13-17)15-7-9-18(10-8-15)23-11-2-3-12-23/h4-10,13-14H,2-3,11-12H2,1H3,(H2,21,22,24)/t14-/m0/s1. The van der Waals surface area contributed by atoms with Crippen LogP contribution < -0.4 is 15.5 Å². The van der Waals surface area contributed by atoms with Gasteiger partial charge in [-0.05, 0) is 67.9 Å². The monoisotopic (exact) mass is 359 g/mol. The summed E-state index contributed by atoms with van der Waals surface area (Å²) in [5, 5.41) is 7.76. The smallest absolute Gasteiger partial charge is 0.171 e. The van der Waals surface area contributed by atoms with E-state index in [1.807, 2.05) is 24.3 Å². The molecule has 0 unspecified atom stereocenters. The van der Waals surface area contributed by atoms with Crippen molar-refractivity contribution in [3.63, 3.8) is 0 Å². The first-order chi connectivity index (χ1) is 11.6. The number of hydrogen-bond donors (Lipinski definition) is 2. The number of benzene rings is 2. The lowest BCUT2D eigenvalue weighted by Crippen LogP contribution is -2.30. The highest BCUT2D eigenvalue weighted by Gasteiger charge is 2.13. The number of halogens is 1. The van der Waals surface area contributed by atoms with E-state index in [9.17, 15) is 0 Å². The normalized spacial score (nSPS) is 15.2. The molecule has 1 aliphatic heterocycles. The summed E-state index contributed by atoms with van der Waals surface area (Å²) in [7, 11) is 0. The van der Waals surface area contributed by atoms with Crippen molar-refractivity contribution < 1.29 is 0 Å². The summed E-state index contributed by atoms with van der Waals surface area (Å²) >= 11 is 11.4. The van der Waals surface area contributed by atoms with Gasteiger partial charge in [-0.2, -0.15) is 0 Å². The molecule has 1 heterocycles. The first-order valence-electron chi connectivity index (χ1n) is 8.30. The molecule has 0 saturated carbocycles. The van der Waals surface area contributed by atoms with Gasteiger partial charge in [-0.1, -0.05) is 29.8 Å². The van der Waals surface area contributed by atoms with E-state index in [-0.39, 0.29) is 6.04 Å². The lowest BCUT2D eigenvalue weighted by molar-refractivity contribution is 0.722. The average Bonchev–Trinajstić information content (AvgIpc) is 3.09. The maximum absolute atomic E-state index is 5.99. The van der Waals surface area contributed by atoms with Gasteiger partial charge in [0.05, 0.1) is 6.04 Å². The lowest BCUT2D eigenvalue weighted by atomic mass is 10.1. The van der Waals surface area contributed by atoms with Crippen LogP contribution in [0, 0.1) is 0 Å². The van der Waals surface area contributed by atoms with E-state index in [0.717, 1.165) is 5.69 Å². The number of hydrogen-bond acceptors (Lipinski definition) is 2. The van der Waals surface area contributed by atoms with Crippen molar-refractivity contribution in [2.24, 2.45) is 0 Å². The summed E-state index contributed by atoms with van der Waals surface area (Å²) in [6, 6.07) is 16.4. The summed E-state index contributed by atoms with van der Waals surface area (Å²) < 4.78 is 0. The van der Waals surface area contributed by atoms with Crippen molar-refractivity contribution in [3.05, 3.63) is 59.1 Å². The Morgan fingerprint density at radius 3 is 2.50 bits per heavy atom. The molecule has 1 aliphatic rings. The minimum atomic E-state index is 0.136. The number of thiocarbonyl (C=S) groups is 1. The van der Waals surface area contributed by atoms with Crippen molar-refractivity contribution in [3.8, 4) is 0 Å². The number of nitrogens with zero attached hydrogens (tertiary/aromatic N) is 1. The zero-order valence-electron chi connectivity index (χ0n) is 13.8. The lowest BCUT2D eigenvalue weighted by Gasteiger charge is -2.20. The molecule has 126 valence electrons. The number of nitrogens with one attached hydrogen (secondary N) is 2. The molecule has 3 rings (SSSR count). The fourth-order valence-electron chi connectivity index (χ4n) is 2.96. The van der Waals surface area contributed by atoms with Crippen molar-refractivity contribution in [1.82, 2.24) is 5.32 Å². The van der Waals surface area contributed by atoms with Gasteiger partial charge in [0.2, 0.25) is 0 Å². The van der Waals surface area contributed by atoms with Crippen molar-refractivity contribution >= 4 is 40.3 Å². The van der Waals surface area contributed by atoms with Crippen molar-refractivity contribution in [2.45, 2.75) is 25.8 Å². The van der Waals surface area contributed by atoms with Crippen LogP contribution in [0.3, 0.4) is 0 Å². The van der Waals surface area contributed by atoms with Crippen LogP contribution in [0.5, 0.6) is 0 Å². The summed E-state index contributed by atoms with van der Waals surface area (Å²) in [5.74, 6) is 0. The first kappa shape index (κ1) is 17.1. The molecule has 24 heavy (non-hydrogen) atoms. The molecular weight excluding hydrogens is 338 g/mol. The van der Waals surface area contributed by atoms with E-state index in [1.54, 1.807) is 0 Å². The van der Waals surface area contributed by atoms with Crippen LogP contribution in [-0.2, 0) is 0 Å². The zero-order valence-corrected chi connectivity index (χ0v) is 15.3. The molecule has 1 atom stereocenters. The Bertz CT molecular complexity index is 696. The Kier molecular flexibility index (Phi) is 5.59. The highest BCUT2D eigenvalue weighted by atomic mass is 35.5. The third-order valence-electron chi connectivity index (χ3n) is 4.29. The SMILES string of the molecule is C[C@H](NC(=S)Nc1cccc(Cl)c1)c1ccc(N2CCCC2)cc1. The van der Waals surface area contributed by atoms with Gasteiger partial charge in [0.1, 0.15) is 0 Å². The average molecular weight is 360 g/mol. The van der Waals surface area contributed by atoms with Crippen LogP contribution in [0.2, 0.25) is 5.02 Å². The number of anilines is 2. The van der Waals surface area contributed by atoms with Gasteiger partial charge in [-0.15, -0.1) is 0 Å². The molecule has 0 amide bonds. The summed E-state index contributed by atoms with van der Waals surface area (Å²) in [4.78, 5) is 2.44. The molecule has 0 aromatic heterocycles. The van der Waals surface area contributed by atoms with Crippen LogP contribution in [0.1, 0.15) is 31.4 Å². The van der Waals surface area contributed by atoms with Crippen LogP contribution in [0.4, 0.5) is 11.4 Å². The Labute approximate surface area is 154 Å². The largest absolute Gasteiger partial charge is 0.372 e. The van der Waals surface area contributed by atoms with Crippen LogP contribution >= 0.6 is 23.8 Å². The molecule has 0 aliphatic carbocycles. The molecular formula is C19H22ClN3S. The van der Waals surface area contributed by atoms with E-state index in [1.165, 1.54) is 37.2 Å². The van der Waals surface area contributed by atoms with Crippen LogP contribution in [0.25, 0.3) is 0 Å². The molecule has 2 aromatic rings. The van der Waals surface area contributed by atoms with E-state index < -0.39 is 0 Å². The highest BCUT2D eigenvalue weighted by molar-refractivity contribution is 7.80. The minimum absolute atomic E-state index is 0.136.